The molecule has 0 fully saturated rings. The minimum atomic E-state index is 0.822. The summed E-state index contributed by atoms with van der Waals surface area (Å²) in [4.78, 5) is 0. The number of para-hydroxylation sites is 1. The first-order valence-electron chi connectivity index (χ1n) is 5.66. The van der Waals surface area contributed by atoms with Crippen molar-refractivity contribution in [2.24, 2.45) is 7.05 Å². The molecule has 0 saturated carbocycles. The van der Waals surface area contributed by atoms with E-state index in [1.807, 2.05) is 18.2 Å². The zero-order valence-electron chi connectivity index (χ0n) is 9.72. The monoisotopic (exact) mass is 222 g/mol. The summed E-state index contributed by atoms with van der Waals surface area (Å²) in [5.41, 5.74) is 10.3. The Hall–Kier alpha value is -2.22. The van der Waals surface area contributed by atoms with E-state index in [0.29, 0.717) is 0 Å². The van der Waals surface area contributed by atoms with Gasteiger partial charge in [-0.3, -0.25) is 0 Å². The van der Waals surface area contributed by atoms with Gasteiger partial charge in [0.05, 0.1) is 0 Å². The predicted molar refractivity (Wildman–Crippen MR) is 72.8 cm³/mol. The molecule has 84 valence electrons. The van der Waals surface area contributed by atoms with E-state index in [0.717, 1.165) is 11.3 Å². The fourth-order valence-corrected chi connectivity index (χ4v) is 2.21. The highest BCUT2D eigenvalue weighted by atomic mass is 14.9. The van der Waals surface area contributed by atoms with E-state index in [4.69, 9.17) is 5.73 Å². The van der Waals surface area contributed by atoms with Crippen LogP contribution in [-0.2, 0) is 7.05 Å². The van der Waals surface area contributed by atoms with Crippen LogP contribution in [0.15, 0.2) is 54.7 Å². The van der Waals surface area contributed by atoms with Crippen LogP contribution in [0, 0.1) is 0 Å². The molecule has 2 heteroatoms. The molecule has 3 aromatic rings. The zero-order valence-corrected chi connectivity index (χ0v) is 9.72. The highest BCUT2D eigenvalue weighted by Gasteiger charge is 2.04. The Morgan fingerprint density at radius 3 is 2.65 bits per heavy atom. The molecule has 0 saturated heterocycles. The molecule has 0 bridgehead atoms. The minimum absolute atomic E-state index is 0.822. The number of nitrogens with zero attached hydrogens (tertiary/aromatic N) is 1. The molecular formula is C15H14N2. The second-order valence-corrected chi connectivity index (χ2v) is 4.29. The number of hydrogen-bond acceptors (Lipinski definition) is 1. The van der Waals surface area contributed by atoms with Crippen molar-refractivity contribution in [2.45, 2.75) is 0 Å². The smallest absolute Gasteiger partial charge is 0.0478 e. The van der Waals surface area contributed by atoms with Crippen molar-refractivity contribution < 1.29 is 0 Å². The molecule has 0 spiro atoms. The van der Waals surface area contributed by atoms with Gasteiger partial charge in [0.1, 0.15) is 0 Å². The van der Waals surface area contributed by atoms with Crippen molar-refractivity contribution in [2.75, 3.05) is 5.73 Å². The first-order valence-corrected chi connectivity index (χ1v) is 5.66. The molecule has 0 amide bonds. The molecule has 0 unspecified atom stereocenters. The van der Waals surface area contributed by atoms with Gasteiger partial charge in [-0.05, 0) is 29.8 Å². The first-order chi connectivity index (χ1) is 8.25. The summed E-state index contributed by atoms with van der Waals surface area (Å²) in [6, 6.07) is 16.5. The molecule has 0 aliphatic heterocycles. The van der Waals surface area contributed by atoms with E-state index < -0.39 is 0 Å². The van der Waals surface area contributed by atoms with Crippen molar-refractivity contribution in [1.29, 1.82) is 0 Å². The standard InChI is InChI=1S/C15H14N2/c1-17-9-8-12-10-11(6-7-15(12)17)13-4-2-3-5-14(13)16/h2-10H,16H2,1H3. The van der Waals surface area contributed by atoms with E-state index in [1.165, 1.54) is 16.5 Å². The third kappa shape index (κ3) is 1.58. The van der Waals surface area contributed by atoms with E-state index in [1.54, 1.807) is 0 Å². The van der Waals surface area contributed by atoms with Crippen LogP contribution in [0.1, 0.15) is 0 Å². The van der Waals surface area contributed by atoms with Crippen LogP contribution < -0.4 is 5.73 Å². The van der Waals surface area contributed by atoms with Gasteiger partial charge in [-0.2, -0.15) is 0 Å². The summed E-state index contributed by atoms with van der Waals surface area (Å²) in [6.07, 6.45) is 2.07. The average Bonchev–Trinajstić information content (AvgIpc) is 2.71. The van der Waals surface area contributed by atoms with Crippen molar-refractivity contribution in [3.8, 4) is 11.1 Å². The lowest BCUT2D eigenvalue weighted by Gasteiger charge is -2.06. The maximum absolute atomic E-state index is 6.00. The molecular weight excluding hydrogens is 208 g/mol. The highest BCUT2D eigenvalue weighted by molar-refractivity contribution is 5.88. The van der Waals surface area contributed by atoms with Crippen molar-refractivity contribution in [1.82, 2.24) is 4.57 Å². The van der Waals surface area contributed by atoms with Gasteiger partial charge >= 0.3 is 0 Å². The predicted octanol–water partition coefficient (Wildman–Crippen LogP) is 3.43. The van der Waals surface area contributed by atoms with Crippen LogP contribution in [0.5, 0.6) is 0 Å². The van der Waals surface area contributed by atoms with Crippen molar-refractivity contribution in [3.63, 3.8) is 0 Å². The molecule has 0 aliphatic rings. The first kappa shape index (κ1) is 9.97. The van der Waals surface area contributed by atoms with Crippen LogP contribution >= 0.6 is 0 Å². The van der Waals surface area contributed by atoms with Gasteiger partial charge in [0, 0.05) is 35.4 Å². The molecule has 3 rings (SSSR count). The summed E-state index contributed by atoms with van der Waals surface area (Å²) in [7, 11) is 2.05. The summed E-state index contributed by atoms with van der Waals surface area (Å²) in [6.45, 7) is 0. The maximum Gasteiger partial charge on any atom is 0.0478 e. The number of rotatable bonds is 1. The molecule has 1 aromatic heterocycles. The van der Waals surface area contributed by atoms with Gasteiger partial charge in [-0.25, -0.2) is 0 Å². The highest BCUT2D eigenvalue weighted by Crippen LogP contribution is 2.28. The van der Waals surface area contributed by atoms with E-state index in [2.05, 4.69) is 48.1 Å². The number of nitrogen functional groups attached to an aromatic ring is 1. The minimum Gasteiger partial charge on any atom is -0.398 e. The third-order valence-corrected chi connectivity index (χ3v) is 3.16. The topological polar surface area (TPSA) is 30.9 Å². The number of hydrogen-bond donors (Lipinski definition) is 1. The fraction of sp³-hybridized carbons (Fsp3) is 0.0667. The summed E-state index contributed by atoms with van der Waals surface area (Å²) in [5.74, 6) is 0. The van der Waals surface area contributed by atoms with E-state index in [-0.39, 0.29) is 0 Å². The summed E-state index contributed by atoms with van der Waals surface area (Å²) < 4.78 is 2.12. The molecule has 2 N–H and O–H groups in total. The number of fused-ring (bicyclic) bond motifs is 1. The Bertz CT molecular complexity index is 680. The number of aromatic nitrogens is 1. The molecule has 2 aromatic carbocycles. The molecule has 0 atom stereocenters. The Balaban J connectivity index is 2.22. The lowest BCUT2D eigenvalue weighted by atomic mass is 10.0. The summed E-state index contributed by atoms with van der Waals surface area (Å²) >= 11 is 0. The van der Waals surface area contributed by atoms with E-state index >= 15 is 0 Å². The van der Waals surface area contributed by atoms with Crippen LogP contribution in [0.25, 0.3) is 22.0 Å². The van der Waals surface area contributed by atoms with Crippen molar-refractivity contribution in [3.05, 3.63) is 54.7 Å². The van der Waals surface area contributed by atoms with Gasteiger partial charge in [0.25, 0.3) is 0 Å². The zero-order chi connectivity index (χ0) is 11.8. The average molecular weight is 222 g/mol. The van der Waals surface area contributed by atoms with Gasteiger partial charge < -0.3 is 10.3 Å². The Kier molecular flexibility index (Phi) is 2.15. The van der Waals surface area contributed by atoms with Crippen molar-refractivity contribution >= 4 is 16.6 Å². The molecule has 0 aliphatic carbocycles. The lowest BCUT2D eigenvalue weighted by molar-refractivity contribution is 0.969. The summed E-state index contributed by atoms with van der Waals surface area (Å²) in [5, 5.41) is 1.24. The molecule has 17 heavy (non-hydrogen) atoms. The lowest BCUT2D eigenvalue weighted by Crippen LogP contribution is -1.89. The number of anilines is 1. The quantitative estimate of drug-likeness (QED) is 0.628. The second kappa shape index (κ2) is 3.67. The third-order valence-electron chi connectivity index (χ3n) is 3.16. The van der Waals surface area contributed by atoms with Gasteiger partial charge in [0.2, 0.25) is 0 Å². The Morgan fingerprint density at radius 1 is 1.00 bits per heavy atom. The largest absolute Gasteiger partial charge is 0.398 e. The maximum atomic E-state index is 6.00. The molecule has 2 nitrogen and oxygen atoms in total. The van der Waals surface area contributed by atoms with E-state index in [9.17, 15) is 0 Å². The number of aryl methyl sites for hydroxylation is 1. The normalized spacial score (nSPS) is 10.9. The van der Waals surface area contributed by atoms with Gasteiger partial charge in [-0.1, -0.05) is 24.3 Å². The molecule has 1 heterocycles. The molecule has 0 radical (unpaired) electrons. The Morgan fingerprint density at radius 2 is 1.82 bits per heavy atom. The number of nitrogens with two attached hydrogens (primary N) is 1. The second-order valence-electron chi connectivity index (χ2n) is 4.29. The SMILES string of the molecule is Cn1ccc2cc(-c3ccccc3N)ccc21. The van der Waals surface area contributed by atoms with Crippen LogP contribution in [-0.4, -0.2) is 4.57 Å². The van der Waals surface area contributed by atoms with Crippen LogP contribution in [0.2, 0.25) is 0 Å². The van der Waals surface area contributed by atoms with Crippen LogP contribution in [0.4, 0.5) is 5.69 Å². The van der Waals surface area contributed by atoms with Crippen LogP contribution in [0.3, 0.4) is 0 Å². The fourth-order valence-electron chi connectivity index (χ4n) is 2.21. The van der Waals surface area contributed by atoms with Gasteiger partial charge in [-0.15, -0.1) is 0 Å². The van der Waals surface area contributed by atoms with Gasteiger partial charge in [0.15, 0.2) is 0 Å². The number of benzene rings is 2. The Labute approximate surface area is 100 Å².